The molecule has 4 rings (SSSR count). The molecule has 2 aliphatic heterocycles. The Balaban J connectivity index is 1.36. The molecule has 2 fully saturated rings. The van der Waals surface area contributed by atoms with Crippen LogP contribution in [-0.2, 0) is 0 Å². The van der Waals surface area contributed by atoms with Crippen LogP contribution in [0.1, 0.15) is 10.4 Å². The molecular weight excluding hydrogens is 401 g/mol. The molecule has 0 bridgehead atoms. The van der Waals surface area contributed by atoms with Gasteiger partial charge in [0.25, 0.3) is 5.91 Å². The minimum atomic E-state index is -0.499. The SMILES string of the molecule is O=C(c1ccc(Cl)cc1)N1CCN([C@@H]2CN(c3nccc(Cl)n3)C[C@H]2O)CC1. The van der Waals surface area contributed by atoms with Crippen molar-refractivity contribution < 1.29 is 9.90 Å². The summed E-state index contributed by atoms with van der Waals surface area (Å²) >= 11 is 11.9. The Labute approximate surface area is 173 Å². The number of piperazine rings is 1. The quantitative estimate of drug-likeness (QED) is 0.761. The van der Waals surface area contributed by atoms with E-state index in [0.29, 0.717) is 61.0 Å². The number of halogens is 2. The Morgan fingerprint density at radius 3 is 2.43 bits per heavy atom. The van der Waals surface area contributed by atoms with Gasteiger partial charge in [0.15, 0.2) is 0 Å². The van der Waals surface area contributed by atoms with Crippen molar-refractivity contribution in [2.75, 3.05) is 44.2 Å². The summed E-state index contributed by atoms with van der Waals surface area (Å²) in [6.45, 7) is 3.77. The molecule has 3 heterocycles. The number of amides is 1. The summed E-state index contributed by atoms with van der Waals surface area (Å²) in [5, 5.41) is 11.6. The first-order valence-electron chi connectivity index (χ1n) is 9.22. The van der Waals surface area contributed by atoms with Gasteiger partial charge < -0.3 is 14.9 Å². The average Bonchev–Trinajstić information content (AvgIpc) is 3.10. The molecular formula is C19H21Cl2N5O2. The smallest absolute Gasteiger partial charge is 0.253 e. The van der Waals surface area contributed by atoms with Gasteiger partial charge in [-0.25, -0.2) is 9.97 Å². The third kappa shape index (κ3) is 4.07. The second-order valence-electron chi connectivity index (χ2n) is 7.05. The van der Waals surface area contributed by atoms with Crippen LogP contribution in [0.3, 0.4) is 0 Å². The molecule has 148 valence electrons. The molecule has 0 unspecified atom stereocenters. The van der Waals surface area contributed by atoms with Crippen molar-refractivity contribution in [1.82, 2.24) is 19.8 Å². The van der Waals surface area contributed by atoms with Crippen LogP contribution >= 0.6 is 23.2 Å². The van der Waals surface area contributed by atoms with Gasteiger partial charge in [0.1, 0.15) is 5.15 Å². The van der Waals surface area contributed by atoms with E-state index in [4.69, 9.17) is 23.2 Å². The molecule has 2 aromatic rings. The maximum absolute atomic E-state index is 12.6. The highest BCUT2D eigenvalue weighted by atomic mass is 35.5. The van der Waals surface area contributed by atoms with Crippen LogP contribution in [0.5, 0.6) is 0 Å². The molecule has 7 nitrogen and oxygen atoms in total. The summed E-state index contributed by atoms with van der Waals surface area (Å²) in [6.07, 6.45) is 1.12. The summed E-state index contributed by atoms with van der Waals surface area (Å²) in [7, 11) is 0. The number of rotatable bonds is 3. The molecule has 28 heavy (non-hydrogen) atoms. The largest absolute Gasteiger partial charge is 0.390 e. The Kier molecular flexibility index (Phi) is 5.68. The number of anilines is 1. The second-order valence-corrected chi connectivity index (χ2v) is 7.88. The van der Waals surface area contributed by atoms with Crippen molar-refractivity contribution in [3.8, 4) is 0 Å². The first kappa shape index (κ1) is 19.4. The van der Waals surface area contributed by atoms with E-state index < -0.39 is 6.10 Å². The minimum absolute atomic E-state index is 0.0113. The van der Waals surface area contributed by atoms with E-state index in [1.165, 1.54) is 0 Å². The molecule has 1 aromatic heterocycles. The standard InChI is InChI=1S/C19H21Cl2N5O2/c20-14-3-1-13(2-4-14)18(28)25-9-7-24(8-10-25)15-11-26(12-16(15)27)19-22-6-5-17(21)23-19/h1-6,15-16,27H,7-12H2/t15-,16-/m1/s1. The maximum Gasteiger partial charge on any atom is 0.253 e. The molecule has 9 heteroatoms. The summed E-state index contributed by atoms with van der Waals surface area (Å²) in [5.41, 5.74) is 0.642. The van der Waals surface area contributed by atoms with E-state index in [-0.39, 0.29) is 11.9 Å². The number of β-amino-alcohol motifs (C(OH)–C–C–N with tert-alkyl or cyclic N) is 1. The summed E-state index contributed by atoms with van der Waals surface area (Å²) in [5.74, 6) is 0.544. The first-order chi connectivity index (χ1) is 13.5. The second kappa shape index (κ2) is 8.21. The molecule has 2 saturated heterocycles. The van der Waals surface area contributed by atoms with Gasteiger partial charge >= 0.3 is 0 Å². The highest BCUT2D eigenvalue weighted by Gasteiger charge is 2.38. The third-order valence-electron chi connectivity index (χ3n) is 5.31. The molecule has 1 amide bonds. The molecule has 2 atom stereocenters. The third-order valence-corrected chi connectivity index (χ3v) is 5.77. The Morgan fingerprint density at radius 1 is 1.04 bits per heavy atom. The van der Waals surface area contributed by atoms with Gasteiger partial charge in [0.2, 0.25) is 5.95 Å². The predicted octanol–water partition coefficient (Wildman–Crippen LogP) is 1.79. The number of carbonyl (C=O) groups excluding carboxylic acids is 1. The number of benzene rings is 1. The van der Waals surface area contributed by atoms with Gasteiger partial charge in [-0.15, -0.1) is 0 Å². The van der Waals surface area contributed by atoms with E-state index >= 15 is 0 Å². The van der Waals surface area contributed by atoms with Gasteiger partial charge in [-0.1, -0.05) is 23.2 Å². The van der Waals surface area contributed by atoms with Crippen molar-refractivity contribution in [2.45, 2.75) is 12.1 Å². The molecule has 1 aromatic carbocycles. The van der Waals surface area contributed by atoms with Crippen molar-refractivity contribution in [3.05, 3.63) is 52.3 Å². The molecule has 2 aliphatic rings. The van der Waals surface area contributed by atoms with Gasteiger partial charge in [-0.05, 0) is 30.3 Å². The van der Waals surface area contributed by atoms with Crippen LogP contribution in [0, 0.1) is 0 Å². The van der Waals surface area contributed by atoms with Crippen molar-refractivity contribution >= 4 is 35.1 Å². The highest BCUT2D eigenvalue weighted by Crippen LogP contribution is 2.23. The highest BCUT2D eigenvalue weighted by molar-refractivity contribution is 6.30. The van der Waals surface area contributed by atoms with E-state index in [1.807, 2.05) is 9.80 Å². The molecule has 0 spiro atoms. The lowest BCUT2D eigenvalue weighted by molar-refractivity contribution is 0.0376. The van der Waals surface area contributed by atoms with E-state index in [0.717, 1.165) is 0 Å². The average molecular weight is 422 g/mol. The molecule has 1 N–H and O–H groups in total. The number of aliphatic hydroxyl groups is 1. The van der Waals surface area contributed by atoms with Crippen LogP contribution in [0.2, 0.25) is 10.2 Å². The summed E-state index contributed by atoms with van der Waals surface area (Å²) in [4.78, 5) is 27.2. The number of aliphatic hydroxyl groups excluding tert-OH is 1. The predicted molar refractivity (Wildman–Crippen MR) is 108 cm³/mol. The Bertz CT molecular complexity index is 842. The normalized spacial score (nSPS) is 23.2. The van der Waals surface area contributed by atoms with Gasteiger partial charge in [-0.3, -0.25) is 9.69 Å². The Morgan fingerprint density at radius 2 is 1.75 bits per heavy atom. The van der Waals surface area contributed by atoms with E-state index in [1.54, 1.807) is 36.5 Å². The lowest BCUT2D eigenvalue weighted by atomic mass is 10.1. The van der Waals surface area contributed by atoms with Crippen molar-refractivity contribution in [3.63, 3.8) is 0 Å². The van der Waals surface area contributed by atoms with Gasteiger partial charge in [0, 0.05) is 56.1 Å². The first-order valence-corrected chi connectivity index (χ1v) is 9.97. The van der Waals surface area contributed by atoms with Crippen LogP contribution in [0.4, 0.5) is 5.95 Å². The van der Waals surface area contributed by atoms with Crippen molar-refractivity contribution in [1.29, 1.82) is 0 Å². The van der Waals surface area contributed by atoms with Crippen LogP contribution in [-0.4, -0.2) is 82.2 Å². The van der Waals surface area contributed by atoms with Crippen LogP contribution in [0.15, 0.2) is 36.5 Å². The number of carbonyl (C=O) groups is 1. The van der Waals surface area contributed by atoms with Crippen LogP contribution < -0.4 is 4.90 Å². The lowest BCUT2D eigenvalue weighted by Gasteiger charge is -2.38. The fourth-order valence-electron chi connectivity index (χ4n) is 3.80. The molecule has 0 saturated carbocycles. The minimum Gasteiger partial charge on any atom is -0.390 e. The number of hydrogen-bond acceptors (Lipinski definition) is 6. The molecule has 0 aliphatic carbocycles. The van der Waals surface area contributed by atoms with Gasteiger partial charge in [-0.2, -0.15) is 0 Å². The number of aromatic nitrogens is 2. The number of hydrogen-bond donors (Lipinski definition) is 1. The van der Waals surface area contributed by atoms with E-state index in [9.17, 15) is 9.90 Å². The summed E-state index contributed by atoms with van der Waals surface area (Å²) in [6, 6.07) is 8.57. The van der Waals surface area contributed by atoms with Crippen molar-refractivity contribution in [2.24, 2.45) is 0 Å². The zero-order valence-corrected chi connectivity index (χ0v) is 16.7. The fraction of sp³-hybridized carbons (Fsp3) is 0.421. The zero-order chi connectivity index (χ0) is 19.7. The lowest BCUT2D eigenvalue weighted by Crippen LogP contribution is -2.54. The monoisotopic (exact) mass is 421 g/mol. The summed E-state index contributed by atoms with van der Waals surface area (Å²) < 4.78 is 0. The number of nitrogens with zero attached hydrogens (tertiary/aromatic N) is 5. The molecule has 0 radical (unpaired) electrons. The van der Waals surface area contributed by atoms with Crippen LogP contribution in [0.25, 0.3) is 0 Å². The van der Waals surface area contributed by atoms with Gasteiger partial charge in [0.05, 0.1) is 12.1 Å². The fourth-order valence-corrected chi connectivity index (χ4v) is 4.06. The zero-order valence-electron chi connectivity index (χ0n) is 15.2. The van der Waals surface area contributed by atoms with E-state index in [2.05, 4.69) is 14.9 Å². The Hall–Kier alpha value is -1.93. The topological polar surface area (TPSA) is 72.8 Å². The maximum atomic E-state index is 12.6.